The summed E-state index contributed by atoms with van der Waals surface area (Å²) < 4.78 is 8.53. The van der Waals surface area contributed by atoms with Crippen molar-refractivity contribution in [3.05, 3.63) is 35.4 Å². The summed E-state index contributed by atoms with van der Waals surface area (Å²) in [7, 11) is 0. The Labute approximate surface area is 105 Å². The molecule has 0 bridgehead atoms. The molecule has 1 aromatic rings. The number of ether oxygens (including phenoxy) is 2. The number of benzene rings is 1. The minimum atomic E-state index is -1.31. The maximum atomic E-state index is 11.7. The molecule has 0 N–H and O–H groups in total. The first-order chi connectivity index (χ1) is 8.54. The monoisotopic (exact) mass is 250 g/mol. The van der Waals surface area contributed by atoms with E-state index in [4.69, 9.17) is 0 Å². The van der Waals surface area contributed by atoms with E-state index in [1.165, 1.54) is 0 Å². The standard InChI is InChI=1S/C13H14O5/c1-3-6-10-7-4-5-8-11(10)12(15)18-13(16)17-9(2)14/h4-5,7-8H,3,6H2,1-2H3. The molecule has 0 heterocycles. The third-order valence-corrected chi connectivity index (χ3v) is 2.16. The van der Waals surface area contributed by atoms with Gasteiger partial charge in [-0.1, -0.05) is 31.5 Å². The number of aryl methyl sites for hydroxylation is 1. The zero-order valence-electron chi connectivity index (χ0n) is 10.3. The third-order valence-electron chi connectivity index (χ3n) is 2.16. The lowest BCUT2D eigenvalue weighted by Crippen LogP contribution is -2.17. The summed E-state index contributed by atoms with van der Waals surface area (Å²) in [5.41, 5.74) is 1.10. The van der Waals surface area contributed by atoms with Gasteiger partial charge in [0.25, 0.3) is 0 Å². The fourth-order valence-electron chi connectivity index (χ4n) is 1.48. The Morgan fingerprint density at radius 3 is 2.39 bits per heavy atom. The number of carbonyl (C=O) groups is 3. The van der Waals surface area contributed by atoms with Gasteiger partial charge in [-0.3, -0.25) is 4.79 Å². The summed E-state index contributed by atoms with van der Waals surface area (Å²) >= 11 is 0. The molecule has 0 aliphatic carbocycles. The summed E-state index contributed by atoms with van der Waals surface area (Å²) in [4.78, 5) is 33.2. The molecule has 18 heavy (non-hydrogen) atoms. The number of carbonyl (C=O) groups excluding carboxylic acids is 3. The summed E-state index contributed by atoms with van der Waals surface area (Å²) in [6, 6.07) is 6.83. The van der Waals surface area contributed by atoms with Gasteiger partial charge in [0.15, 0.2) is 0 Å². The first kappa shape index (κ1) is 13.9. The van der Waals surface area contributed by atoms with Gasteiger partial charge in [0.1, 0.15) is 0 Å². The van der Waals surface area contributed by atoms with Gasteiger partial charge in [-0.2, -0.15) is 0 Å². The molecule has 0 radical (unpaired) electrons. The highest BCUT2D eigenvalue weighted by Crippen LogP contribution is 2.12. The topological polar surface area (TPSA) is 69.7 Å². The van der Waals surface area contributed by atoms with Crippen LogP contribution in [0.1, 0.15) is 36.2 Å². The Balaban J connectivity index is 2.77. The molecule has 0 saturated carbocycles. The minimum Gasteiger partial charge on any atom is -0.360 e. The highest BCUT2D eigenvalue weighted by Gasteiger charge is 2.18. The van der Waals surface area contributed by atoms with Crippen molar-refractivity contribution in [2.24, 2.45) is 0 Å². The second-order valence-electron chi connectivity index (χ2n) is 3.64. The molecule has 0 spiro atoms. The summed E-state index contributed by atoms with van der Waals surface area (Å²) in [5.74, 6) is -1.64. The Morgan fingerprint density at radius 2 is 1.78 bits per heavy atom. The summed E-state index contributed by atoms with van der Waals surface area (Å²) in [6.45, 7) is 3.03. The van der Waals surface area contributed by atoms with Crippen LogP contribution in [0.4, 0.5) is 4.79 Å². The zero-order chi connectivity index (χ0) is 13.5. The number of esters is 2. The molecule has 5 nitrogen and oxygen atoms in total. The van der Waals surface area contributed by atoms with E-state index in [0.717, 1.165) is 18.9 Å². The maximum Gasteiger partial charge on any atom is 0.524 e. The zero-order valence-corrected chi connectivity index (χ0v) is 10.3. The first-order valence-electron chi connectivity index (χ1n) is 5.57. The van der Waals surface area contributed by atoms with Crippen LogP contribution in [0.15, 0.2) is 24.3 Å². The molecule has 0 saturated heterocycles. The maximum absolute atomic E-state index is 11.7. The van der Waals surface area contributed by atoms with Crippen molar-refractivity contribution in [3.63, 3.8) is 0 Å². The van der Waals surface area contributed by atoms with Crippen LogP contribution in [0.5, 0.6) is 0 Å². The van der Waals surface area contributed by atoms with Crippen LogP contribution < -0.4 is 0 Å². The average molecular weight is 250 g/mol. The SMILES string of the molecule is CCCc1ccccc1C(=O)OC(=O)OC(C)=O. The van der Waals surface area contributed by atoms with Crippen LogP contribution in [0.25, 0.3) is 0 Å². The number of rotatable bonds is 3. The molecule has 0 unspecified atom stereocenters. The van der Waals surface area contributed by atoms with Crippen molar-refractivity contribution in [2.75, 3.05) is 0 Å². The van der Waals surface area contributed by atoms with E-state index in [1.54, 1.807) is 24.3 Å². The molecule has 0 aliphatic heterocycles. The van der Waals surface area contributed by atoms with E-state index in [0.29, 0.717) is 12.0 Å². The van der Waals surface area contributed by atoms with E-state index in [-0.39, 0.29) is 0 Å². The van der Waals surface area contributed by atoms with Crippen molar-refractivity contribution < 1.29 is 23.9 Å². The average Bonchev–Trinajstić information content (AvgIpc) is 2.28. The smallest absolute Gasteiger partial charge is 0.360 e. The Bertz CT molecular complexity index is 464. The van der Waals surface area contributed by atoms with Crippen molar-refractivity contribution in [2.45, 2.75) is 26.7 Å². The predicted molar refractivity (Wildman–Crippen MR) is 63.0 cm³/mol. The molecule has 96 valence electrons. The van der Waals surface area contributed by atoms with Gasteiger partial charge in [0.2, 0.25) is 0 Å². The normalized spacial score (nSPS) is 9.67. The second kappa shape index (κ2) is 6.54. The van der Waals surface area contributed by atoms with Crippen LogP contribution in [-0.2, 0) is 20.7 Å². The van der Waals surface area contributed by atoms with Crippen molar-refractivity contribution >= 4 is 18.1 Å². The fraction of sp³-hybridized carbons (Fsp3) is 0.308. The quantitative estimate of drug-likeness (QED) is 0.608. The summed E-state index contributed by atoms with van der Waals surface area (Å²) in [5, 5.41) is 0. The predicted octanol–water partition coefficient (Wildman–Crippen LogP) is 2.48. The molecular weight excluding hydrogens is 236 g/mol. The molecule has 0 atom stereocenters. The highest BCUT2D eigenvalue weighted by molar-refractivity contribution is 5.98. The van der Waals surface area contributed by atoms with Crippen LogP contribution >= 0.6 is 0 Å². The van der Waals surface area contributed by atoms with Gasteiger partial charge in [0, 0.05) is 6.92 Å². The van der Waals surface area contributed by atoms with Crippen LogP contribution in [0, 0.1) is 0 Å². The first-order valence-corrected chi connectivity index (χ1v) is 5.57. The van der Waals surface area contributed by atoms with Crippen LogP contribution in [-0.4, -0.2) is 18.1 Å². The molecule has 1 rings (SSSR count). The molecule has 0 aromatic heterocycles. The van der Waals surface area contributed by atoms with E-state index < -0.39 is 18.1 Å². The highest BCUT2D eigenvalue weighted by atomic mass is 16.8. The van der Waals surface area contributed by atoms with Crippen molar-refractivity contribution in [3.8, 4) is 0 Å². The van der Waals surface area contributed by atoms with Crippen molar-refractivity contribution in [1.82, 2.24) is 0 Å². The number of hydrogen-bond acceptors (Lipinski definition) is 5. The Morgan fingerprint density at radius 1 is 1.11 bits per heavy atom. The molecule has 0 amide bonds. The van der Waals surface area contributed by atoms with Gasteiger partial charge >= 0.3 is 18.1 Å². The van der Waals surface area contributed by atoms with Gasteiger partial charge in [-0.25, -0.2) is 9.59 Å². The lowest BCUT2D eigenvalue weighted by Gasteiger charge is -2.06. The second-order valence-corrected chi connectivity index (χ2v) is 3.64. The lowest BCUT2D eigenvalue weighted by molar-refractivity contribution is -0.136. The van der Waals surface area contributed by atoms with Crippen molar-refractivity contribution in [1.29, 1.82) is 0 Å². The Kier molecular flexibility index (Phi) is 5.05. The van der Waals surface area contributed by atoms with E-state index in [2.05, 4.69) is 9.47 Å². The minimum absolute atomic E-state index is 0.305. The van der Waals surface area contributed by atoms with Gasteiger partial charge in [-0.15, -0.1) is 0 Å². The van der Waals surface area contributed by atoms with Crippen LogP contribution in [0.3, 0.4) is 0 Å². The molecule has 0 fully saturated rings. The largest absolute Gasteiger partial charge is 0.524 e. The fourth-order valence-corrected chi connectivity index (χ4v) is 1.48. The Hall–Kier alpha value is -2.17. The molecule has 5 heteroatoms. The van der Waals surface area contributed by atoms with Gasteiger partial charge in [-0.05, 0) is 18.1 Å². The molecule has 1 aromatic carbocycles. The third kappa shape index (κ3) is 4.01. The lowest BCUT2D eigenvalue weighted by atomic mass is 10.0. The van der Waals surface area contributed by atoms with Gasteiger partial charge in [0.05, 0.1) is 5.56 Å². The van der Waals surface area contributed by atoms with E-state index >= 15 is 0 Å². The summed E-state index contributed by atoms with van der Waals surface area (Å²) in [6.07, 6.45) is 0.258. The van der Waals surface area contributed by atoms with Crippen LogP contribution in [0.2, 0.25) is 0 Å². The van der Waals surface area contributed by atoms with E-state index in [1.807, 2.05) is 6.92 Å². The molecular formula is C13H14O5. The molecule has 0 aliphatic rings. The number of hydrogen-bond donors (Lipinski definition) is 0. The van der Waals surface area contributed by atoms with E-state index in [9.17, 15) is 14.4 Å². The van der Waals surface area contributed by atoms with Gasteiger partial charge < -0.3 is 9.47 Å².